The van der Waals surface area contributed by atoms with E-state index in [1.54, 1.807) is 4.90 Å². The summed E-state index contributed by atoms with van der Waals surface area (Å²) in [6.45, 7) is 5.76. The zero-order chi connectivity index (χ0) is 18.0. The quantitative estimate of drug-likeness (QED) is 0.780. The van der Waals surface area contributed by atoms with E-state index < -0.39 is 17.7 Å². The average Bonchev–Trinajstić information content (AvgIpc) is 3.12. The van der Waals surface area contributed by atoms with E-state index in [0.29, 0.717) is 12.3 Å². The lowest BCUT2D eigenvalue weighted by Gasteiger charge is -2.31. The van der Waals surface area contributed by atoms with Crippen molar-refractivity contribution >= 4 is 12.1 Å². The highest BCUT2D eigenvalue weighted by atomic mass is 16.6. The van der Waals surface area contributed by atoms with E-state index in [-0.39, 0.29) is 18.6 Å². The third-order valence-corrected chi connectivity index (χ3v) is 4.94. The Balaban J connectivity index is 1.69. The van der Waals surface area contributed by atoms with E-state index in [4.69, 9.17) is 9.47 Å². The zero-order valence-corrected chi connectivity index (χ0v) is 15.2. The Morgan fingerprint density at radius 3 is 2.56 bits per heavy atom. The fraction of sp³-hybridized carbons (Fsp3) is 0.600. The average molecular weight is 345 g/mol. The maximum atomic E-state index is 12.7. The van der Waals surface area contributed by atoms with Crippen molar-refractivity contribution < 1.29 is 19.1 Å². The first-order chi connectivity index (χ1) is 11.8. The minimum atomic E-state index is -0.577. The molecule has 1 saturated carbocycles. The summed E-state index contributed by atoms with van der Waals surface area (Å²) >= 11 is 0. The van der Waals surface area contributed by atoms with E-state index in [1.807, 2.05) is 51.1 Å². The van der Waals surface area contributed by atoms with Crippen molar-refractivity contribution in [3.63, 3.8) is 0 Å². The maximum absolute atomic E-state index is 12.7. The van der Waals surface area contributed by atoms with E-state index in [1.165, 1.54) is 0 Å². The molecule has 1 aromatic carbocycles. The van der Waals surface area contributed by atoms with Crippen LogP contribution in [0.2, 0.25) is 0 Å². The second-order valence-electron chi connectivity index (χ2n) is 7.99. The molecule has 5 heteroatoms. The molecular formula is C20H27NO4. The van der Waals surface area contributed by atoms with Gasteiger partial charge in [-0.2, -0.15) is 0 Å². The summed E-state index contributed by atoms with van der Waals surface area (Å²) in [7, 11) is 0. The van der Waals surface area contributed by atoms with Gasteiger partial charge in [-0.1, -0.05) is 36.8 Å². The molecule has 0 bridgehead atoms. The van der Waals surface area contributed by atoms with Gasteiger partial charge in [0.1, 0.15) is 18.2 Å². The fourth-order valence-corrected chi connectivity index (χ4v) is 3.90. The molecule has 0 N–H and O–H groups in total. The van der Waals surface area contributed by atoms with Gasteiger partial charge >= 0.3 is 12.1 Å². The Kier molecular flexibility index (Phi) is 5.02. The molecule has 0 radical (unpaired) electrons. The van der Waals surface area contributed by atoms with Crippen LogP contribution in [-0.4, -0.2) is 34.6 Å². The number of hydrogen-bond donors (Lipinski definition) is 0. The van der Waals surface area contributed by atoms with Crippen LogP contribution in [0.3, 0.4) is 0 Å². The van der Waals surface area contributed by atoms with E-state index >= 15 is 0 Å². The number of amides is 1. The SMILES string of the molecule is CC(C)(C)OC(=O)N1C(C(=O)OCc2ccccc2)CC2CCCC21. The van der Waals surface area contributed by atoms with Gasteiger partial charge in [0.05, 0.1) is 0 Å². The van der Waals surface area contributed by atoms with Crippen molar-refractivity contribution in [2.75, 3.05) is 0 Å². The molecular weight excluding hydrogens is 318 g/mol. The molecule has 1 aliphatic carbocycles. The number of nitrogens with zero attached hydrogens (tertiary/aromatic N) is 1. The van der Waals surface area contributed by atoms with Crippen LogP contribution in [0, 0.1) is 5.92 Å². The van der Waals surface area contributed by atoms with Gasteiger partial charge in [-0.15, -0.1) is 0 Å². The molecule has 25 heavy (non-hydrogen) atoms. The number of hydrogen-bond acceptors (Lipinski definition) is 4. The molecule has 1 aliphatic heterocycles. The number of fused-ring (bicyclic) bond motifs is 1. The van der Waals surface area contributed by atoms with E-state index in [9.17, 15) is 9.59 Å². The molecule has 1 amide bonds. The van der Waals surface area contributed by atoms with E-state index in [2.05, 4.69) is 0 Å². The van der Waals surface area contributed by atoms with Crippen molar-refractivity contribution in [1.29, 1.82) is 0 Å². The Morgan fingerprint density at radius 2 is 1.88 bits per heavy atom. The second-order valence-corrected chi connectivity index (χ2v) is 7.99. The van der Waals surface area contributed by atoms with Crippen LogP contribution in [0.1, 0.15) is 52.0 Å². The number of carbonyl (C=O) groups excluding carboxylic acids is 2. The van der Waals surface area contributed by atoms with E-state index in [0.717, 1.165) is 24.8 Å². The first-order valence-corrected chi connectivity index (χ1v) is 9.07. The third-order valence-electron chi connectivity index (χ3n) is 4.94. The minimum absolute atomic E-state index is 0.101. The van der Waals surface area contributed by atoms with Gasteiger partial charge in [0.2, 0.25) is 0 Å². The van der Waals surface area contributed by atoms with Crippen LogP contribution < -0.4 is 0 Å². The summed E-state index contributed by atoms with van der Waals surface area (Å²) in [5.74, 6) is 0.0471. The Labute approximate surface area is 149 Å². The highest BCUT2D eigenvalue weighted by Gasteiger charge is 2.50. The number of benzene rings is 1. The molecule has 3 atom stereocenters. The zero-order valence-electron chi connectivity index (χ0n) is 15.2. The van der Waals surface area contributed by atoms with Gasteiger partial charge in [-0.05, 0) is 51.5 Å². The number of likely N-dealkylation sites (tertiary alicyclic amines) is 1. The molecule has 136 valence electrons. The lowest BCUT2D eigenvalue weighted by atomic mass is 10.0. The Hall–Kier alpha value is -2.04. The topological polar surface area (TPSA) is 55.8 Å². The Morgan fingerprint density at radius 1 is 1.16 bits per heavy atom. The summed E-state index contributed by atoms with van der Waals surface area (Å²) in [5.41, 5.74) is 0.365. The summed E-state index contributed by atoms with van der Waals surface area (Å²) in [4.78, 5) is 27.0. The van der Waals surface area contributed by atoms with Crippen molar-refractivity contribution in [3.8, 4) is 0 Å². The summed E-state index contributed by atoms with van der Waals surface area (Å²) in [5, 5.41) is 0. The first-order valence-electron chi connectivity index (χ1n) is 9.07. The maximum Gasteiger partial charge on any atom is 0.411 e. The number of rotatable bonds is 3. The molecule has 1 aromatic rings. The van der Waals surface area contributed by atoms with Crippen LogP contribution in [-0.2, 0) is 20.9 Å². The van der Waals surface area contributed by atoms with Gasteiger partial charge in [0.25, 0.3) is 0 Å². The molecule has 2 aliphatic rings. The lowest BCUT2D eigenvalue weighted by molar-refractivity contribution is -0.150. The highest BCUT2D eigenvalue weighted by molar-refractivity contribution is 5.82. The normalized spacial score (nSPS) is 25.6. The first kappa shape index (κ1) is 17.8. The lowest BCUT2D eigenvalue weighted by Crippen LogP contribution is -2.47. The number of esters is 1. The summed E-state index contributed by atoms with van der Waals surface area (Å²) in [6.07, 6.45) is 3.38. The van der Waals surface area contributed by atoms with Gasteiger partial charge in [-0.25, -0.2) is 9.59 Å². The largest absolute Gasteiger partial charge is 0.459 e. The predicted octanol–water partition coefficient (Wildman–Crippen LogP) is 3.91. The van der Waals surface area contributed by atoms with Crippen molar-refractivity contribution in [3.05, 3.63) is 35.9 Å². The molecule has 2 fully saturated rings. The van der Waals surface area contributed by atoms with Crippen molar-refractivity contribution in [2.24, 2.45) is 5.92 Å². The minimum Gasteiger partial charge on any atom is -0.459 e. The van der Waals surface area contributed by atoms with Gasteiger partial charge in [-0.3, -0.25) is 4.90 Å². The van der Waals surface area contributed by atoms with Crippen LogP contribution in [0.25, 0.3) is 0 Å². The van der Waals surface area contributed by atoms with Crippen LogP contribution in [0.15, 0.2) is 30.3 Å². The molecule has 3 rings (SSSR count). The predicted molar refractivity (Wildman–Crippen MR) is 93.8 cm³/mol. The number of carbonyl (C=O) groups is 2. The van der Waals surface area contributed by atoms with Crippen LogP contribution >= 0.6 is 0 Å². The highest BCUT2D eigenvalue weighted by Crippen LogP contribution is 2.42. The van der Waals surface area contributed by atoms with Gasteiger partial charge in [0, 0.05) is 6.04 Å². The summed E-state index contributed by atoms with van der Waals surface area (Å²) in [6, 6.07) is 9.16. The molecule has 1 saturated heterocycles. The molecule has 3 unspecified atom stereocenters. The molecule has 5 nitrogen and oxygen atoms in total. The standard InChI is InChI=1S/C20H27NO4/c1-20(2,3)25-19(23)21-16-11-7-10-15(16)12-17(21)18(22)24-13-14-8-5-4-6-9-14/h4-6,8-9,15-17H,7,10-13H2,1-3H3. The number of ether oxygens (including phenoxy) is 2. The molecule has 1 heterocycles. The van der Waals surface area contributed by atoms with Gasteiger partial charge in [0.15, 0.2) is 0 Å². The van der Waals surface area contributed by atoms with Crippen LogP contribution in [0.5, 0.6) is 0 Å². The summed E-state index contributed by atoms with van der Waals surface area (Å²) < 4.78 is 11.1. The Bertz CT molecular complexity index is 622. The van der Waals surface area contributed by atoms with Gasteiger partial charge < -0.3 is 9.47 Å². The second kappa shape index (κ2) is 7.06. The smallest absolute Gasteiger partial charge is 0.411 e. The monoisotopic (exact) mass is 345 g/mol. The third kappa shape index (κ3) is 4.14. The fourth-order valence-electron chi connectivity index (χ4n) is 3.90. The van der Waals surface area contributed by atoms with Crippen molar-refractivity contribution in [1.82, 2.24) is 4.90 Å². The molecule has 0 spiro atoms. The van der Waals surface area contributed by atoms with Crippen LogP contribution in [0.4, 0.5) is 4.79 Å². The van der Waals surface area contributed by atoms with Crippen molar-refractivity contribution in [2.45, 2.75) is 70.7 Å². The molecule has 0 aromatic heterocycles.